The molecule has 3 N–H and O–H groups in total. The second-order valence-corrected chi connectivity index (χ2v) is 3.33. The highest BCUT2D eigenvalue weighted by Gasteiger charge is 1.98. The molecule has 1 aromatic carbocycles. The predicted molar refractivity (Wildman–Crippen MR) is 57.9 cm³/mol. The summed E-state index contributed by atoms with van der Waals surface area (Å²) in [4.78, 5) is 2.02. The number of oxime groups is 1. The first-order valence-corrected chi connectivity index (χ1v) is 4.36. The van der Waals surface area contributed by atoms with E-state index < -0.39 is 0 Å². The van der Waals surface area contributed by atoms with Crippen molar-refractivity contribution in [2.24, 2.45) is 10.9 Å². The molecule has 4 nitrogen and oxygen atoms in total. The molecule has 0 atom stereocenters. The summed E-state index contributed by atoms with van der Waals surface area (Å²) in [5, 5.41) is 11.3. The molecule has 0 aliphatic heterocycles. The molecule has 0 fully saturated rings. The van der Waals surface area contributed by atoms with E-state index in [9.17, 15) is 0 Å². The van der Waals surface area contributed by atoms with Crippen LogP contribution in [0.1, 0.15) is 5.56 Å². The molecule has 0 heterocycles. The number of anilines is 1. The summed E-state index contributed by atoms with van der Waals surface area (Å²) in [5.74, 6) is 0.225. The summed E-state index contributed by atoms with van der Waals surface area (Å²) >= 11 is 0. The van der Waals surface area contributed by atoms with E-state index >= 15 is 0 Å². The summed E-state index contributed by atoms with van der Waals surface area (Å²) in [7, 11) is 3.97. The maximum atomic E-state index is 8.39. The van der Waals surface area contributed by atoms with Gasteiger partial charge < -0.3 is 15.8 Å². The maximum absolute atomic E-state index is 8.39. The molecule has 0 aromatic heterocycles. The summed E-state index contributed by atoms with van der Waals surface area (Å²) in [6, 6.07) is 7.93. The fourth-order valence-electron chi connectivity index (χ4n) is 1.16. The van der Waals surface area contributed by atoms with E-state index in [1.807, 2.05) is 43.3 Å². The minimum atomic E-state index is 0.225. The average Bonchev–Trinajstić information content (AvgIpc) is 2.18. The highest BCUT2D eigenvalue weighted by atomic mass is 16.4. The zero-order valence-electron chi connectivity index (χ0n) is 8.44. The first kappa shape index (κ1) is 10.4. The Kier molecular flexibility index (Phi) is 3.34. The lowest BCUT2D eigenvalue weighted by Gasteiger charge is -2.12. The number of hydrogen-bond acceptors (Lipinski definition) is 3. The van der Waals surface area contributed by atoms with Crippen LogP contribution in [-0.2, 0) is 6.42 Å². The average molecular weight is 193 g/mol. The van der Waals surface area contributed by atoms with Crippen molar-refractivity contribution in [1.82, 2.24) is 0 Å². The molecule has 76 valence electrons. The molecule has 0 unspecified atom stereocenters. The zero-order chi connectivity index (χ0) is 10.6. The molecule has 0 radical (unpaired) electrons. The molecular weight excluding hydrogens is 178 g/mol. The molecule has 0 saturated heterocycles. The molecule has 1 aromatic rings. The quantitative estimate of drug-likeness (QED) is 0.326. The normalized spacial score (nSPS) is 11.4. The topological polar surface area (TPSA) is 61.8 Å². The third-order valence-corrected chi connectivity index (χ3v) is 1.97. The fraction of sp³-hybridized carbons (Fsp3) is 0.300. The number of hydrogen-bond donors (Lipinski definition) is 2. The molecule has 4 heteroatoms. The predicted octanol–water partition coefficient (Wildman–Crippen LogP) is 1.04. The second kappa shape index (κ2) is 4.50. The molecular formula is C10H15N3O. The van der Waals surface area contributed by atoms with Crippen LogP contribution >= 0.6 is 0 Å². The Bertz CT molecular complexity index is 317. The van der Waals surface area contributed by atoms with Crippen molar-refractivity contribution in [3.63, 3.8) is 0 Å². The molecule has 0 bridgehead atoms. The number of rotatable bonds is 3. The molecule has 0 amide bonds. The molecule has 14 heavy (non-hydrogen) atoms. The lowest BCUT2D eigenvalue weighted by atomic mass is 10.1. The van der Waals surface area contributed by atoms with E-state index in [4.69, 9.17) is 10.9 Å². The summed E-state index contributed by atoms with van der Waals surface area (Å²) in [6.45, 7) is 0. The smallest absolute Gasteiger partial charge is 0.143 e. The van der Waals surface area contributed by atoms with Crippen molar-refractivity contribution < 1.29 is 5.21 Å². The Balaban J connectivity index is 2.74. The van der Waals surface area contributed by atoms with Crippen LogP contribution < -0.4 is 10.6 Å². The standard InChI is InChI=1S/C10H15N3O/c1-13(2)9-5-3-8(4-6-9)7-10(11)12-14/h3-6,14H,7H2,1-2H3,(H2,11,12). The van der Waals surface area contributed by atoms with E-state index in [-0.39, 0.29) is 5.84 Å². The number of nitrogens with zero attached hydrogens (tertiary/aromatic N) is 2. The van der Waals surface area contributed by atoms with Crippen LogP contribution in [0.15, 0.2) is 29.4 Å². The SMILES string of the molecule is CN(C)c1ccc(CC(N)=NO)cc1. The van der Waals surface area contributed by atoms with Crippen LogP contribution in [0.3, 0.4) is 0 Å². The fourth-order valence-corrected chi connectivity index (χ4v) is 1.16. The van der Waals surface area contributed by atoms with Gasteiger partial charge in [0.05, 0.1) is 0 Å². The number of nitrogens with two attached hydrogens (primary N) is 1. The molecule has 1 rings (SSSR count). The van der Waals surface area contributed by atoms with Gasteiger partial charge in [0, 0.05) is 26.2 Å². The van der Waals surface area contributed by atoms with Crippen LogP contribution in [0.5, 0.6) is 0 Å². The van der Waals surface area contributed by atoms with Crippen LogP contribution in [-0.4, -0.2) is 25.1 Å². The molecule has 0 aliphatic rings. The number of benzene rings is 1. The Morgan fingerprint density at radius 3 is 2.36 bits per heavy atom. The first-order valence-electron chi connectivity index (χ1n) is 4.36. The van der Waals surface area contributed by atoms with Gasteiger partial charge in [-0.2, -0.15) is 0 Å². The molecule has 0 aliphatic carbocycles. The summed E-state index contributed by atoms with van der Waals surface area (Å²) < 4.78 is 0. The Morgan fingerprint density at radius 2 is 1.93 bits per heavy atom. The largest absolute Gasteiger partial charge is 0.409 e. The molecule has 0 spiro atoms. The zero-order valence-corrected chi connectivity index (χ0v) is 8.44. The van der Waals surface area contributed by atoms with Crippen LogP contribution in [0.25, 0.3) is 0 Å². The summed E-state index contributed by atoms with van der Waals surface area (Å²) in [5.41, 5.74) is 7.56. The van der Waals surface area contributed by atoms with Gasteiger partial charge in [0.25, 0.3) is 0 Å². The highest BCUT2D eigenvalue weighted by Crippen LogP contribution is 2.12. The van der Waals surface area contributed by atoms with E-state index in [0.717, 1.165) is 11.3 Å². The van der Waals surface area contributed by atoms with E-state index in [1.54, 1.807) is 0 Å². The van der Waals surface area contributed by atoms with Crippen LogP contribution in [0, 0.1) is 0 Å². The van der Waals surface area contributed by atoms with Crippen molar-refractivity contribution in [3.8, 4) is 0 Å². The lowest BCUT2D eigenvalue weighted by molar-refractivity contribution is 0.317. The molecule has 0 saturated carbocycles. The third-order valence-electron chi connectivity index (χ3n) is 1.97. The van der Waals surface area contributed by atoms with Gasteiger partial charge in [0.15, 0.2) is 0 Å². The van der Waals surface area contributed by atoms with E-state index in [2.05, 4.69) is 5.16 Å². The Labute approximate surface area is 83.6 Å². The van der Waals surface area contributed by atoms with Crippen LogP contribution in [0.4, 0.5) is 5.69 Å². The minimum absolute atomic E-state index is 0.225. The van der Waals surface area contributed by atoms with Crippen molar-refractivity contribution in [2.75, 3.05) is 19.0 Å². The highest BCUT2D eigenvalue weighted by molar-refractivity contribution is 5.82. The van der Waals surface area contributed by atoms with Crippen LogP contribution in [0.2, 0.25) is 0 Å². The first-order chi connectivity index (χ1) is 6.63. The third kappa shape index (κ3) is 2.65. The Morgan fingerprint density at radius 1 is 1.36 bits per heavy atom. The maximum Gasteiger partial charge on any atom is 0.143 e. The van der Waals surface area contributed by atoms with Crippen molar-refractivity contribution in [3.05, 3.63) is 29.8 Å². The van der Waals surface area contributed by atoms with E-state index in [1.165, 1.54) is 0 Å². The minimum Gasteiger partial charge on any atom is -0.409 e. The van der Waals surface area contributed by atoms with Gasteiger partial charge in [-0.25, -0.2) is 0 Å². The number of amidine groups is 1. The van der Waals surface area contributed by atoms with Gasteiger partial charge in [0.1, 0.15) is 5.84 Å². The lowest BCUT2D eigenvalue weighted by Crippen LogP contribution is -2.14. The van der Waals surface area contributed by atoms with Gasteiger partial charge >= 0.3 is 0 Å². The van der Waals surface area contributed by atoms with Gasteiger partial charge in [-0.15, -0.1) is 0 Å². The van der Waals surface area contributed by atoms with Gasteiger partial charge in [-0.1, -0.05) is 17.3 Å². The summed E-state index contributed by atoms with van der Waals surface area (Å²) in [6.07, 6.45) is 0.476. The van der Waals surface area contributed by atoms with Gasteiger partial charge in [-0.05, 0) is 17.7 Å². The van der Waals surface area contributed by atoms with Crippen molar-refractivity contribution in [1.29, 1.82) is 0 Å². The van der Waals surface area contributed by atoms with E-state index in [0.29, 0.717) is 6.42 Å². The van der Waals surface area contributed by atoms with Gasteiger partial charge in [0.2, 0.25) is 0 Å². The van der Waals surface area contributed by atoms with Crippen molar-refractivity contribution in [2.45, 2.75) is 6.42 Å². The Hall–Kier alpha value is -1.71. The second-order valence-electron chi connectivity index (χ2n) is 3.33. The van der Waals surface area contributed by atoms with Gasteiger partial charge in [-0.3, -0.25) is 0 Å². The van der Waals surface area contributed by atoms with Crippen molar-refractivity contribution >= 4 is 11.5 Å². The monoisotopic (exact) mass is 193 g/mol.